The van der Waals surface area contributed by atoms with Gasteiger partial charge in [-0.15, -0.1) is 0 Å². The third-order valence-corrected chi connectivity index (χ3v) is 3.02. The molecule has 2 rings (SSSR count). The predicted octanol–water partition coefficient (Wildman–Crippen LogP) is 3.95. The van der Waals surface area contributed by atoms with E-state index in [9.17, 15) is 8.78 Å². The van der Waals surface area contributed by atoms with Crippen molar-refractivity contribution in [1.82, 2.24) is 9.97 Å². The summed E-state index contributed by atoms with van der Waals surface area (Å²) in [6.07, 6.45) is 0.671. The van der Waals surface area contributed by atoms with E-state index < -0.39 is 11.6 Å². The zero-order valence-electron chi connectivity index (χ0n) is 9.97. The second-order valence-corrected chi connectivity index (χ2v) is 4.21. The molecule has 0 fully saturated rings. The summed E-state index contributed by atoms with van der Waals surface area (Å²) in [5.74, 6) is -1.42. The minimum atomic E-state index is -0.699. The SMILES string of the molecule is CCc1c(C)nc(-c2c(F)cccc2F)nc1Cl. The summed E-state index contributed by atoms with van der Waals surface area (Å²) in [5.41, 5.74) is 1.18. The Morgan fingerprint density at radius 1 is 1.17 bits per heavy atom. The first-order valence-corrected chi connectivity index (χ1v) is 5.89. The fourth-order valence-electron chi connectivity index (χ4n) is 1.79. The third-order valence-electron chi connectivity index (χ3n) is 2.70. The molecule has 0 saturated carbocycles. The molecule has 2 nitrogen and oxygen atoms in total. The van der Waals surface area contributed by atoms with Gasteiger partial charge in [0.25, 0.3) is 0 Å². The molecule has 0 radical (unpaired) electrons. The third kappa shape index (κ3) is 2.20. The van der Waals surface area contributed by atoms with Crippen LogP contribution in [0.5, 0.6) is 0 Å². The quantitative estimate of drug-likeness (QED) is 0.771. The number of halogens is 3. The number of rotatable bonds is 2. The number of benzene rings is 1. The van der Waals surface area contributed by atoms with Gasteiger partial charge in [-0.1, -0.05) is 24.6 Å². The maximum absolute atomic E-state index is 13.6. The van der Waals surface area contributed by atoms with Gasteiger partial charge in [0, 0.05) is 11.3 Å². The largest absolute Gasteiger partial charge is 0.233 e. The molecule has 0 unspecified atom stereocenters. The van der Waals surface area contributed by atoms with Crippen LogP contribution in [0.15, 0.2) is 18.2 Å². The summed E-state index contributed by atoms with van der Waals surface area (Å²) < 4.78 is 27.2. The van der Waals surface area contributed by atoms with Gasteiger partial charge in [0.1, 0.15) is 16.8 Å². The molecule has 0 aliphatic heterocycles. The Morgan fingerprint density at radius 3 is 2.28 bits per heavy atom. The average molecular weight is 269 g/mol. The molecule has 0 N–H and O–H groups in total. The molecular weight excluding hydrogens is 258 g/mol. The van der Waals surface area contributed by atoms with E-state index in [2.05, 4.69) is 9.97 Å². The maximum Gasteiger partial charge on any atom is 0.167 e. The number of aromatic nitrogens is 2. The van der Waals surface area contributed by atoms with E-state index in [0.29, 0.717) is 12.1 Å². The van der Waals surface area contributed by atoms with Crippen LogP contribution < -0.4 is 0 Å². The van der Waals surface area contributed by atoms with Gasteiger partial charge >= 0.3 is 0 Å². The van der Waals surface area contributed by atoms with Gasteiger partial charge in [0.05, 0.1) is 5.56 Å². The van der Waals surface area contributed by atoms with Crippen molar-refractivity contribution in [1.29, 1.82) is 0 Å². The molecule has 1 aromatic heterocycles. The predicted molar refractivity (Wildman–Crippen MR) is 66.5 cm³/mol. The molecule has 94 valence electrons. The van der Waals surface area contributed by atoms with Crippen LogP contribution in [0.25, 0.3) is 11.4 Å². The molecule has 1 aromatic carbocycles. The molecule has 0 saturated heterocycles. The monoisotopic (exact) mass is 268 g/mol. The summed E-state index contributed by atoms with van der Waals surface area (Å²) in [7, 11) is 0. The van der Waals surface area contributed by atoms with E-state index in [1.165, 1.54) is 18.2 Å². The van der Waals surface area contributed by atoms with Gasteiger partial charge in [-0.3, -0.25) is 0 Å². The van der Waals surface area contributed by atoms with Crippen molar-refractivity contribution in [2.75, 3.05) is 0 Å². The minimum Gasteiger partial charge on any atom is -0.233 e. The van der Waals surface area contributed by atoms with Crippen molar-refractivity contribution < 1.29 is 8.78 Å². The van der Waals surface area contributed by atoms with E-state index in [1.807, 2.05) is 6.92 Å². The molecule has 0 aliphatic carbocycles. The van der Waals surface area contributed by atoms with E-state index in [4.69, 9.17) is 11.6 Å². The first-order valence-electron chi connectivity index (χ1n) is 5.52. The van der Waals surface area contributed by atoms with Gasteiger partial charge in [0.15, 0.2) is 5.82 Å². The van der Waals surface area contributed by atoms with E-state index in [0.717, 1.165) is 5.56 Å². The lowest BCUT2D eigenvalue weighted by Crippen LogP contribution is -2.02. The first kappa shape index (κ1) is 12.9. The summed E-state index contributed by atoms with van der Waals surface area (Å²) in [6.45, 7) is 3.66. The molecule has 18 heavy (non-hydrogen) atoms. The highest BCUT2D eigenvalue weighted by molar-refractivity contribution is 6.30. The lowest BCUT2D eigenvalue weighted by molar-refractivity contribution is 0.587. The summed E-state index contributed by atoms with van der Waals surface area (Å²) >= 11 is 5.99. The van der Waals surface area contributed by atoms with Crippen LogP contribution in [0, 0.1) is 18.6 Å². The second kappa shape index (κ2) is 4.98. The maximum atomic E-state index is 13.6. The number of aryl methyl sites for hydroxylation is 1. The average Bonchev–Trinajstić information content (AvgIpc) is 2.28. The van der Waals surface area contributed by atoms with Crippen LogP contribution >= 0.6 is 11.6 Å². The molecule has 0 aliphatic rings. The number of hydrogen-bond acceptors (Lipinski definition) is 2. The molecule has 0 atom stereocenters. The van der Waals surface area contributed by atoms with Crippen molar-refractivity contribution >= 4 is 11.6 Å². The fraction of sp³-hybridized carbons (Fsp3) is 0.231. The van der Waals surface area contributed by atoms with Gasteiger partial charge in [0.2, 0.25) is 0 Å². The second-order valence-electron chi connectivity index (χ2n) is 3.85. The van der Waals surface area contributed by atoms with Crippen molar-refractivity contribution in [2.45, 2.75) is 20.3 Å². The van der Waals surface area contributed by atoms with E-state index >= 15 is 0 Å². The molecule has 2 aromatic rings. The molecule has 5 heteroatoms. The van der Waals surface area contributed by atoms with Crippen molar-refractivity contribution in [3.8, 4) is 11.4 Å². The summed E-state index contributed by atoms with van der Waals surface area (Å²) in [5, 5.41) is 0.239. The van der Waals surface area contributed by atoms with E-state index in [1.54, 1.807) is 6.92 Å². The highest BCUT2D eigenvalue weighted by atomic mass is 35.5. The van der Waals surface area contributed by atoms with Crippen LogP contribution in [0.1, 0.15) is 18.2 Å². The zero-order valence-corrected chi connectivity index (χ0v) is 10.7. The minimum absolute atomic E-state index is 0.0229. The van der Waals surface area contributed by atoms with Crippen LogP contribution in [-0.4, -0.2) is 9.97 Å². The van der Waals surface area contributed by atoms with Crippen molar-refractivity contribution in [3.63, 3.8) is 0 Å². The highest BCUT2D eigenvalue weighted by Crippen LogP contribution is 2.26. The lowest BCUT2D eigenvalue weighted by atomic mass is 10.1. The van der Waals surface area contributed by atoms with Crippen LogP contribution in [0.2, 0.25) is 5.15 Å². The van der Waals surface area contributed by atoms with Gasteiger partial charge < -0.3 is 0 Å². The Bertz CT molecular complexity index is 556. The normalized spacial score (nSPS) is 10.7. The summed E-state index contributed by atoms with van der Waals surface area (Å²) in [4.78, 5) is 8.09. The zero-order chi connectivity index (χ0) is 13.3. The van der Waals surface area contributed by atoms with Crippen LogP contribution in [-0.2, 0) is 6.42 Å². The molecule has 0 amide bonds. The number of hydrogen-bond donors (Lipinski definition) is 0. The molecule has 0 bridgehead atoms. The molecular formula is C13H11ClF2N2. The fourth-order valence-corrected chi connectivity index (χ4v) is 2.14. The molecule has 0 spiro atoms. The topological polar surface area (TPSA) is 25.8 Å². The van der Waals surface area contributed by atoms with E-state index in [-0.39, 0.29) is 16.5 Å². The Hall–Kier alpha value is -1.55. The highest BCUT2D eigenvalue weighted by Gasteiger charge is 2.16. The Labute approximate surface area is 109 Å². The van der Waals surface area contributed by atoms with Gasteiger partial charge in [-0.05, 0) is 25.5 Å². The van der Waals surface area contributed by atoms with Gasteiger partial charge in [-0.2, -0.15) is 0 Å². The lowest BCUT2D eigenvalue weighted by Gasteiger charge is -2.09. The summed E-state index contributed by atoms with van der Waals surface area (Å²) in [6, 6.07) is 3.63. The Kier molecular flexibility index (Phi) is 3.57. The van der Waals surface area contributed by atoms with Gasteiger partial charge in [-0.25, -0.2) is 18.7 Å². The smallest absolute Gasteiger partial charge is 0.167 e. The van der Waals surface area contributed by atoms with Crippen molar-refractivity contribution in [2.24, 2.45) is 0 Å². The Morgan fingerprint density at radius 2 is 1.78 bits per heavy atom. The van der Waals surface area contributed by atoms with Crippen LogP contribution in [0.3, 0.4) is 0 Å². The number of nitrogens with zero attached hydrogens (tertiary/aromatic N) is 2. The van der Waals surface area contributed by atoms with Crippen molar-refractivity contribution in [3.05, 3.63) is 46.2 Å². The first-order chi connectivity index (χ1) is 8.54. The molecule has 1 heterocycles. The Balaban J connectivity index is 2.66. The standard InChI is InChI=1S/C13H11ClF2N2/c1-3-8-7(2)17-13(18-12(8)14)11-9(15)5-4-6-10(11)16/h4-6H,3H2,1-2H3. The van der Waals surface area contributed by atoms with Crippen LogP contribution in [0.4, 0.5) is 8.78 Å².